The lowest BCUT2D eigenvalue weighted by Gasteiger charge is -2.32. The number of aryl methyl sites for hydroxylation is 2. The van der Waals surface area contributed by atoms with E-state index in [0.717, 1.165) is 48.4 Å². The summed E-state index contributed by atoms with van der Waals surface area (Å²) in [5.41, 5.74) is 0. The lowest BCUT2D eigenvalue weighted by atomic mass is 9.96. The zero-order valence-corrected chi connectivity index (χ0v) is 15.7. The van der Waals surface area contributed by atoms with Crippen molar-refractivity contribution in [2.45, 2.75) is 33.1 Å². The number of carbonyl (C=O) groups is 1. The zero-order chi connectivity index (χ0) is 18.1. The van der Waals surface area contributed by atoms with Gasteiger partial charge in [-0.05, 0) is 32.3 Å². The van der Waals surface area contributed by atoms with Gasteiger partial charge in [0.25, 0.3) is 0 Å². The van der Waals surface area contributed by atoms with E-state index in [0.29, 0.717) is 11.6 Å². The summed E-state index contributed by atoms with van der Waals surface area (Å²) in [7, 11) is 0. The number of anilines is 2. The van der Waals surface area contributed by atoms with Crippen LogP contribution in [0.1, 0.15) is 30.4 Å². The number of amides is 1. The molecule has 0 radical (unpaired) electrons. The molecule has 4 rings (SSSR count). The number of thiophene rings is 1. The molecule has 0 saturated carbocycles. The minimum atomic E-state index is -0.0192. The maximum absolute atomic E-state index is 12.4. The molecule has 0 spiro atoms. The Morgan fingerprint density at radius 2 is 2.15 bits per heavy atom. The summed E-state index contributed by atoms with van der Waals surface area (Å²) in [4.78, 5) is 26.0. The summed E-state index contributed by atoms with van der Waals surface area (Å²) in [6.45, 7) is 5.56. The van der Waals surface area contributed by atoms with Crippen molar-refractivity contribution in [3.63, 3.8) is 0 Å². The molecule has 26 heavy (non-hydrogen) atoms. The van der Waals surface area contributed by atoms with Crippen molar-refractivity contribution in [2.75, 3.05) is 23.3 Å². The molecule has 1 N–H and O–H groups in total. The van der Waals surface area contributed by atoms with Gasteiger partial charge in [0, 0.05) is 30.0 Å². The molecule has 8 heteroatoms. The van der Waals surface area contributed by atoms with Gasteiger partial charge in [-0.15, -0.1) is 11.3 Å². The maximum atomic E-state index is 12.4. The fraction of sp³-hybridized carbons (Fsp3) is 0.444. The molecule has 0 bridgehead atoms. The summed E-state index contributed by atoms with van der Waals surface area (Å²) < 4.78 is 4.99. The van der Waals surface area contributed by atoms with Crippen LogP contribution in [-0.2, 0) is 11.2 Å². The second-order valence-corrected chi connectivity index (χ2v) is 7.67. The van der Waals surface area contributed by atoms with Crippen LogP contribution in [0, 0.1) is 12.8 Å². The second-order valence-electron chi connectivity index (χ2n) is 6.56. The van der Waals surface area contributed by atoms with Crippen LogP contribution < -0.4 is 10.2 Å². The molecule has 0 unspecified atom stereocenters. The number of hydrogen-bond acceptors (Lipinski definition) is 7. The highest BCUT2D eigenvalue weighted by Crippen LogP contribution is 2.32. The molecule has 4 heterocycles. The van der Waals surface area contributed by atoms with Gasteiger partial charge in [-0.3, -0.25) is 4.79 Å². The predicted molar refractivity (Wildman–Crippen MR) is 102 cm³/mol. The molecule has 0 atom stereocenters. The third-order valence-corrected chi connectivity index (χ3v) is 5.94. The number of nitrogens with zero attached hydrogens (tertiary/aromatic N) is 4. The van der Waals surface area contributed by atoms with E-state index < -0.39 is 0 Å². The molecule has 0 aliphatic carbocycles. The molecule has 1 aliphatic rings. The smallest absolute Gasteiger partial charge is 0.228 e. The zero-order valence-electron chi connectivity index (χ0n) is 14.9. The fourth-order valence-corrected chi connectivity index (χ4v) is 4.26. The summed E-state index contributed by atoms with van der Waals surface area (Å²) in [6, 6.07) is 3.92. The number of fused-ring (bicyclic) bond motifs is 1. The average molecular weight is 371 g/mol. The normalized spacial score (nSPS) is 15.5. The van der Waals surface area contributed by atoms with Gasteiger partial charge in [-0.25, -0.2) is 9.97 Å². The topological polar surface area (TPSA) is 84.2 Å². The van der Waals surface area contributed by atoms with Gasteiger partial charge in [0.15, 0.2) is 5.82 Å². The first kappa shape index (κ1) is 17.0. The van der Waals surface area contributed by atoms with Crippen LogP contribution in [0.5, 0.6) is 0 Å². The van der Waals surface area contributed by atoms with Crippen molar-refractivity contribution in [1.82, 2.24) is 15.1 Å². The van der Waals surface area contributed by atoms with Gasteiger partial charge in [0.1, 0.15) is 22.7 Å². The predicted octanol–water partition coefficient (Wildman–Crippen LogP) is 3.41. The van der Waals surface area contributed by atoms with Crippen LogP contribution >= 0.6 is 11.3 Å². The van der Waals surface area contributed by atoms with E-state index in [4.69, 9.17) is 4.52 Å². The van der Waals surface area contributed by atoms with Gasteiger partial charge in [0.05, 0.1) is 5.39 Å². The second kappa shape index (κ2) is 7.03. The molecular weight excluding hydrogens is 350 g/mol. The number of aromatic nitrogens is 3. The number of nitrogens with one attached hydrogen (secondary N) is 1. The van der Waals surface area contributed by atoms with Gasteiger partial charge < -0.3 is 14.7 Å². The molecule has 0 aromatic carbocycles. The highest BCUT2D eigenvalue weighted by atomic mass is 32.1. The lowest BCUT2D eigenvalue weighted by molar-refractivity contribution is -0.120. The Labute approximate surface area is 155 Å². The van der Waals surface area contributed by atoms with Crippen molar-refractivity contribution in [1.29, 1.82) is 0 Å². The quantitative estimate of drug-likeness (QED) is 0.757. The average Bonchev–Trinajstić information content (AvgIpc) is 3.27. The Kier molecular flexibility index (Phi) is 4.58. The van der Waals surface area contributed by atoms with Crippen LogP contribution in [0.25, 0.3) is 10.2 Å². The van der Waals surface area contributed by atoms with Crippen LogP contribution in [0.2, 0.25) is 0 Å². The standard InChI is InChI=1S/C18H21N5O2S/c1-3-13-9-14-16(19-10-20-18(14)26-13)23-6-4-12(5-7-23)17(24)21-15-8-11(2)25-22-15/h8-10,12H,3-7H2,1-2H3,(H,21,22,24). The molecular formula is C18H21N5O2S. The summed E-state index contributed by atoms with van der Waals surface area (Å²) in [5.74, 6) is 2.14. The number of hydrogen-bond donors (Lipinski definition) is 1. The number of carbonyl (C=O) groups excluding carboxylic acids is 1. The highest BCUT2D eigenvalue weighted by molar-refractivity contribution is 7.18. The summed E-state index contributed by atoms with van der Waals surface area (Å²) >= 11 is 1.73. The Morgan fingerprint density at radius 1 is 1.35 bits per heavy atom. The summed E-state index contributed by atoms with van der Waals surface area (Å²) in [6.07, 6.45) is 4.22. The Hall–Kier alpha value is -2.48. The van der Waals surface area contributed by atoms with Crippen LogP contribution in [-0.4, -0.2) is 34.1 Å². The van der Waals surface area contributed by atoms with Gasteiger partial charge in [-0.1, -0.05) is 12.1 Å². The van der Waals surface area contributed by atoms with E-state index in [1.165, 1.54) is 4.88 Å². The van der Waals surface area contributed by atoms with E-state index in [1.807, 2.05) is 0 Å². The van der Waals surface area contributed by atoms with Crippen molar-refractivity contribution >= 4 is 39.1 Å². The fourth-order valence-electron chi connectivity index (χ4n) is 3.33. The summed E-state index contributed by atoms with van der Waals surface area (Å²) in [5, 5.41) is 7.79. The van der Waals surface area contributed by atoms with Gasteiger partial charge in [-0.2, -0.15) is 0 Å². The first-order valence-electron chi connectivity index (χ1n) is 8.86. The maximum Gasteiger partial charge on any atom is 0.228 e. The van der Waals surface area contributed by atoms with E-state index >= 15 is 0 Å². The van der Waals surface area contributed by atoms with Crippen LogP contribution in [0.4, 0.5) is 11.6 Å². The van der Waals surface area contributed by atoms with Crippen molar-refractivity contribution in [2.24, 2.45) is 5.92 Å². The monoisotopic (exact) mass is 371 g/mol. The van der Waals surface area contributed by atoms with Crippen molar-refractivity contribution < 1.29 is 9.32 Å². The number of piperidine rings is 1. The van der Waals surface area contributed by atoms with Crippen LogP contribution in [0.15, 0.2) is 23.0 Å². The molecule has 3 aromatic rings. The minimum Gasteiger partial charge on any atom is -0.360 e. The van der Waals surface area contributed by atoms with Gasteiger partial charge in [0.2, 0.25) is 5.91 Å². The number of rotatable bonds is 4. The third-order valence-electron chi connectivity index (χ3n) is 4.75. The Morgan fingerprint density at radius 3 is 2.85 bits per heavy atom. The third kappa shape index (κ3) is 3.29. The Bertz CT molecular complexity index is 927. The van der Waals surface area contributed by atoms with Crippen molar-refractivity contribution in [3.05, 3.63) is 29.1 Å². The lowest BCUT2D eigenvalue weighted by Crippen LogP contribution is -2.38. The molecule has 1 fully saturated rings. The molecule has 136 valence electrons. The Balaban J connectivity index is 1.43. The van der Waals surface area contributed by atoms with E-state index in [2.05, 4.69) is 38.3 Å². The molecule has 3 aromatic heterocycles. The molecule has 1 saturated heterocycles. The minimum absolute atomic E-state index is 0.00888. The highest BCUT2D eigenvalue weighted by Gasteiger charge is 2.27. The first-order valence-corrected chi connectivity index (χ1v) is 9.68. The van der Waals surface area contributed by atoms with E-state index in [1.54, 1.807) is 30.7 Å². The first-order chi connectivity index (χ1) is 12.6. The largest absolute Gasteiger partial charge is 0.360 e. The van der Waals surface area contributed by atoms with E-state index in [-0.39, 0.29) is 11.8 Å². The van der Waals surface area contributed by atoms with Crippen LogP contribution in [0.3, 0.4) is 0 Å². The van der Waals surface area contributed by atoms with Crippen molar-refractivity contribution in [3.8, 4) is 0 Å². The van der Waals surface area contributed by atoms with E-state index in [9.17, 15) is 4.79 Å². The van der Waals surface area contributed by atoms with Gasteiger partial charge >= 0.3 is 0 Å². The molecule has 7 nitrogen and oxygen atoms in total. The molecule has 1 amide bonds. The SMILES string of the molecule is CCc1cc2c(N3CCC(C(=O)Nc4cc(C)on4)CC3)ncnc2s1. The molecule has 1 aliphatic heterocycles.